The topological polar surface area (TPSA) is 45.7 Å². The summed E-state index contributed by atoms with van der Waals surface area (Å²) in [6, 6.07) is 6.54. The van der Waals surface area contributed by atoms with E-state index in [1.807, 2.05) is 6.92 Å². The molecular formula is C17H26F3N3OS. The molecule has 0 aliphatic carbocycles. The van der Waals surface area contributed by atoms with E-state index in [9.17, 15) is 13.2 Å². The summed E-state index contributed by atoms with van der Waals surface area (Å²) in [4.78, 5) is 4.48. The molecule has 0 heterocycles. The minimum Gasteiger partial charge on any atom is -0.484 e. The van der Waals surface area contributed by atoms with Crippen molar-refractivity contribution in [2.75, 3.05) is 26.0 Å². The van der Waals surface area contributed by atoms with E-state index in [1.165, 1.54) is 6.07 Å². The van der Waals surface area contributed by atoms with Crippen molar-refractivity contribution in [3.05, 3.63) is 29.8 Å². The molecule has 142 valence electrons. The summed E-state index contributed by atoms with van der Waals surface area (Å²) in [5.74, 6) is 0.859. The quantitative estimate of drug-likeness (QED) is 0.534. The molecule has 4 nitrogen and oxygen atoms in total. The Balaban J connectivity index is 2.69. The van der Waals surface area contributed by atoms with Crippen LogP contribution in [0.25, 0.3) is 0 Å². The van der Waals surface area contributed by atoms with E-state index in [0.717, 1.165) is 18.7 Å². The van der Waals surface area contributed by atoms with E-state index in [1.54, 1.807) is 30.0 Å². The molecule has 8 heteroatoms. The number of benzene rings is 1. The standard InChI is InChI=1S/C17H26F3N3OS/c1-5-21-15(23-11-16(2,3)25-4)22-10-13-7-6-8-14(9-13)24-12-17(18,19)20/h6-9H,5,10-12H2,1-4H3,(H2,21,22,23). The average molecular weight is 377 g/mol. The van der Waals surface area contributed by atoms with Crippen molar-refractivity contribution in [1.29, 1.82) is 0 Å². The van der Waals surface area contributed by atoms with Crippen molar-refractivity contribution in [2.24, 2.45) is 4.99 Å². The number of aliphatic imine (C=N–C) groups is 1. The van der Waals surface area contributed by atoms with Gasteiger partial charge in [0.05, 0.1) is 6.54 Å². The van der Waals surface area contributed by atoms with Crippen LogP contribution in [0, 0.1) is 0 Å². The van der Waals surface area contributed by atoms with Crippen LogP contribution in [0.15, 0.2) is 29.3 Å². The van der Waals surface area contributed by atoms with Gasteiger partial charge < -0.3 is 15.4 Å². The van der Waals surface area contributed by atoms with Crippen LogP contribution in [0.4, 0.5) is 13.2 Å². The first-order valence-electron chi connectivity index (χ1n) is 8.01. The molecule has 2 N–H and O–H groups in total. The molecule has 0 aromatic heterocycles. The Bertz CT molecular complexity index is 562. The van der Waals surface area contributed by atoms with Crippen LogP contribution in [0.5, 0.6) is 5.75 Å². The largest absolute Gasteiger partial charge is 0.484 e. The van der Waals surface area contributed by atoms with Crippen molar-refractivity contribution < 1.29 is 17.9 Å². The van der Waals surface area contributed by atoms with Gasteiger partial charge in [0.1, 0.15) is 5.75 Å². The van der Waals surface area contributed by atoms with Gasteiger partial charge in [-0.25, -0.2) is 4.99 Å². The first-order chi connectivity index (χ1) is 11.6. The summed E-state index contributed by atoms with van der Waals surface area (Å²) >= 11 is 1.76. The number of ether oxygens (including phenoxy) is 1. The van der Waals surface area contributed by atoms with Gasteiger partial charge in [-0.15, -0.1) is 0 Å². The summed E-state index contributed by atoms with van der Waals surface area (Å²) in [7, 11) is 0. The van der Waals surface area contributed by atoms with E-state index in [2.05, 4.69) is 35.7 Å². The van der Waals surface area contributed by atoms with E-state index >= 15 is 0 Å². The Kier molecular flexibility index (Phi) is 8.41. The van der Waals surface area contributed by atoms with Gasteiger partial charge in [-0.3, -0.25) is 0 Å². The molecule has 0 fully saturated rings. The fourth-order valence-electron chi connectivity index (χ4n) is 1.78. The highest BCUT2D eigenvalue weighted by Gasteiger charge is 2.28. The van der Waals surface area contributed by atoms with Gasteiger partial charge in [-0.05, 0) is 44.7 Å². The molecule has 25 heavy (non-hydrogen) atoms. The predicted octanol–water partition coefficient (Wildman–Crippen LogP) is 3.82. The van der Waals surface area contributed by atoms with Crippen molar-refractivity contribution in [3.63, 3.8) is 0 Å². The molecule has 1 rings (SSSR count). The Morgan fingerprint density at radius 3 is 2.56 bits per heavy atom. The smallest absolute Gasteiger partial charge is 0.422 e. The third-order valence-corrected chi connectivity index (χ3v) is 4.55. The van der Waals surface area contributed by atoms with Crippen LogP contribution in [-0.4, -0.2) is 42.8 Å². The predicted molar refractivity (Wildman–Crippen MR) is 98.4 cm³/mol. The van der Waals surface area contributed by atoms with Crippen LogP contribution < -0.4 is 15.4 Å². The van der Waals surface area contributed by atoms with Crippen LogP contribution in [-0.2, 0) is 6.54 Å². The number of hydrogen-bond donors (Lipinski definition) is 2. The first kappa shape index (κ1) is 21.5. The summed E-state index contributed by atoms with van der Waals surface area (Å²) in [6.07, 6.45) is -2.29. The van der Waals surface area contributed by atoms with E-state index in [4.69, 9.17) is 4.74 Å². The molecule has 0 atom stereocenters. The number of alkyl halides is 3. The molecule has 0 saturated heterocycles. The maximum Gasteiger partial charge on any atom is 0.422 e. The second kappa shape index (κ2) is 9.79. The molecule has 1 aromatic carbocycles. The molecule has 0 saturated carbocycles. The van der Waals surface area contributed by atoms with Crippen molar-refractivity contribution in [3.8, 4) is 5.75 Å². The number of thioether (sulfide) groups is 1. The van der Waals surface area contributed by atoms with Gasteiger partial charge in [0.25, 0.3) is 0 Å². The molecule has 0 radical (unpaired) electrons. The summed E-state index contributed by atoms with van der Waals surface area (Å²) < 4.78 is 41.5. The molecule has 0 aliphatic rings. The lowest BCUT2D eigenvalue weighted by Gasteiger charge is -2.23. The highest BCUT2D eigenvalue weighted by molar-refractivity contribution is 7.99. The minimum atomic E-state index is -4.35. The van der Waals surface area contributed by atoms with Gasteiger partial charge in [0, 0.05) is 17.8 Å². The highest BCUT2D eigenvalue weighted by atomic mass is 32.2. The monoisotopic (exact) mass is 377 g/mol. The maximum atomic E-state index is 12.2. The van der Waals surface area contributed by atoms with Gasteiger partial charge >= 0.3 is 6.18 Å². The molecule has 0 aliphatic heterocycles. The van der Waals surface area contributed by atoms with Gasteiger partial charge in [-0.1, -0.05) is 12.1 Å². The lowest BCUT2D eigenvalue weighted by Crippen LogP contribution is -2.43. The second-order valence-electron chi connectivity index (χ2n) is 6.06. The summed E-state index contributed by atoms with van der Waals surface area (Å²) in [6.45, 7) is 6.76. The minimum absolute atomic E-state index is 0.0710. The zero-order valence-electron chi connectivity index (χ0n) is 15.0. The van der Waals surface area contributed by atoms with Crippen LogP contribution in [0.2, 0.25) is 0 Å². The molecule has 0 amide bonds. The van der Waals surface area contributed by atoms with Gasteiger partial charge in [0.15, 0.2) is 12.6 Å². The zero-order chi connectivity index (χ0) is 18.9. The van der Waals surface area contributed by atoms with Gasteiger partial charge in [-0.2, -0.15) is 24.9 Å². The molecule has 0 bridgehead atoms. The molecule has 0 unspecified atom stereocenters. The van der Waals surface area contributed by atoms with Crippen molar-refractivity contribution >= 4 is 17.7 Å². The normalized spacial score (nSPS) is 12.8. The van der Waals surface area contributed by atoms with E-state index in [-0.39, 0.29) is 10.5 Å². The summed E-state index contributed by atoms with van der Waals surface area (Å²) in [5.41, 5.74) is 0.779. The first-order valence-corrected chi connectivity index (χ1v) is 9.23. The number of nitrogens with zero attached hydrogens (tertiary/aromatic N) is 1. The average Bonchev–Trinajstić information content (AvgIpc) is 2.55. The summed E-state index contributed by atoms with van der Waals surface area (Å²) in [5, 5.41) is 6.44. The third kappa shape index (κ3) is 9.48. The Morgan fingerprint density at radius 2 is 1.96 bits per heavy atom. The maximum absolute atomic E-state index is 12.2. The van der Waals surface area contributed by atoms with Gasteiger partial charge in [0.2, 0.25) is 0 Å². The zero-order valence-corrected chi connectivity index (χ0v) is 15.9. The lowest BCUT2D eigenvalue weighted by molar-refractivity contribution is -0.153. The molecule has 1 aromatic rings. The fourth-order valence-corrected chi connectivity index (χ4v) is 2.00. The number of nitrogens with one attached hydrogen (secondary N) is 2. The Hall–Kier alpha value is -1.57. The number of rotatable bonds is 8. The fraction of sp³-hybridized carbons (Fsp3) is 0.588. The number of halogens is 3. The lowest BCUT2D eigenvalue weighted by atomic mass is 10.2. The number of hydrogen-bond acceptors (Lipinski definition) is 3. The van der Waals surface area contributed by atoms with Crippen molar-refractivity contribution in [1.82, 2.24) is 10.6 Å². The van der Waals surface area contributed by atoms with E-state index < -0.39 is 12.8 Å². The highest BCUT2D eigenvalue weighted by Crippen LogP contribution is 2.20. The second-order valence-corrected chi connectivity index (χ2v) is 7.58. The number of guanidine groups is 1. The van der Waals surface area contributed by atoms with Crippen LogP contribution in [0.1, 0.15) is 26.3 Å². The van der Waals surface area contributed by atoms with E-state index in [0.29, 0.717) is 12.5 Å². The van der Waals surface area contributed by atoms with Crippen molar-refractivity contribution in [2.45, 2.75) is 38.2 Å². The Morgan fingerprint density at radius 1 is 1.24 bits per heavy atom. The Labute approximate surface area is 151 Å². The van der Waals surface area contributed by atoms with Crippen LogP contribution in [0.3, 0.4) is 0 Å². The SMILES string of the molecule is CCNC(=NCc1cccc(OCC(F)(F)F)c1)NCC(C)(C)SC. The molecular weight excluding hydrogens is 351 g/mol. The molecule has 0 spiro atoms. The van der Waals surface area contributed by atoms with Crippen LogP contribution >= 0.6 is 11.8 Å². The third-order valence-electron chi connectivity index (χ3n) is 3.30.